The predicted molar refractivity (Wildman–Crippen MR) is 165 cm³/mol. The molecule has 0 nitrogen and oxygen atoms in total. The van der Waals surface area contributed by atoms with Crippen LogP contribution in [0.5, 0.6) is 0 Å². The molecule has 0 bridgehead atoms. The molecule has 5 rings (SSSR count). The first kappa shape index (κ1) is 27.1. The molecule has 1 fully saturated rings. The van der Waals surface area contributed by atoms with Gasteiger partial charge in [-0.25, -0.2) is 4.39 Å². The molecule has 1 saturated carbocycles. The van der Waals surface area contributed by atoms with E-state index in [0.29, 0.717) is 17.4 Å². The third-order valence-electron chi connectivity index (χ3n) is 8.59. The molecule has 4 aromatic rings. The monoisotopic (exact) mass is 516 g/mol. The Morgan fingerprint density at radius 1 is 0.769 bits per heavy atom. The Bertz CT molecular complexity index is 1340. The Morgan fingerprint density at radius 2 is 1.46 bits per heavy atom. The molecule has 0 aromatic heterocycles. The standard InChI is InChI=1S/C38H41F/c1-3-7-29-10-19-35(20-11-29)37-25-24-36(38(39)27-37)23-14-30-12-17-33(18-13-30)34-21-15-31(16-22-34)26-28(2)32-8-5-4-6-9-32/h4-6,8-14,17-20,23-25,27-28,31,34H,3,7,15-16,21-22,26H2,1-2H3/b23-14+. The van der Waals surface area contributed by atoms with Crippen LogP contribution in [0.4, 0.5) is 4.39 Å². The summed E-state index contributed by atoms with van der Waals surface area (Å²) in [6, 6.07) is 33.9. The fraction of sp³-hybridized carbons (Fsp3) is 0.316. The number of hydrogen-bond acceptors (Lipinski definition) is 0. The van der Waals surface area contributed by atoms with E-state index >= 15 is 0 Å². The Hall–Kier alpha value is -3.45. The predicted octanol–water partition coefficient (Wildman–Crippen LogP) is 11.1. The number of rotatable bonds is 9. The summed E-state index contributed by atoms with van der Waals surface area (Å²) in [6.45, 7) is 4.56. The van der Waals surface area contributed by atoms with E-state index in [2.05, 4.69) is 92.7 Å². The summed E-state index contributed by atoms with van der Waals surface area (Å²) < 4.78 is 14.9. The second kappa shape index (κ2) is 13.1. The van der Waals surface area contributed by atoms with Gasteiger partial charge in [0, 0.05) is 5.56 Å². The summed E-state index contributed by atoms with van der Waals surface area (Å²) >= 11 is 0. The van der Waals surface area contributed by atoms with Gasteiger partial charge in [0.25, 0.3) is 0 Å². The Morgan fingerprint density at radius 3 is 2.13 bits per heavy atom. The van der Waals surface area contributed by atoms with Gasteiger partial charge in [-0.05, 0) is 95.7 Å². The summed E-state index contributed by atoms with van der Waals surface area (Å²) in [5, 5.41) is 0. The zero-order chi connectivity index (χ0) is 27.0. The quantitative estimate of drug-likeness (QED) is 0.194. The number of hydrogen-bond donors (Lipinski definition) is 0. The fourth-order valence-corrected chi connectivity index (χ4v) is 6.21. The summed E-state index contributed by atoms with van der Waals surface area (Å²) in [6.07, 6.45) is 12.6. The highest BCUT2D eigenvalue weighted by molar-refractivity contribution is 5.72. The zero-order valence-corrected chi connectivity index (χ0v) is 23.5. The van der Waals surface area contributed by atoms with Crippen molar-refractivity contribution >= 4 is 12.2 Å². The second-order valence-electron chi connectivity index (χ2n) is 11.4. The van der Waals surface area contributed by atoms with E-state index in [1.807, 2.05) is 24.3 Å². The molecule has 0 saturated heterocycles. The first-order valence-electron chi connectivity index (χ1n) is 14.8. The van der Waals surface area contributed by atoms with Crippen molar-refractivity contribution in [1.29, 1.82) is 0 Å². The van der Waals surface area contributed by atoms with Crippen LogP contribution < -0.4 is 0 Å². The molecule has 1 aliphatic carbocycles. The summed E-state index contributed by atoms with van der Waals surface area (Å²) in [7, 11) is 0. The molecular weight excluding hydrogens is 475 g/mol. The van der Waals surface area contributed by atoms with Gasteiger partial charge in [-0.15, -0.1) is 0 Å². The van der Waals surface area contributed by atoms with Crippen molar-refractivity contribution in [3.05, 3.63) is 131 Å². The first-order valence-corrected chi connectivity index (χ1v) is 14.8. The molecule has 0 spiro atoms. The molecule has 1 heteroatoms. The summed E-state index contributed by atoms with van der Waals surface area (Å²) in [4.78, 5) is 0. The number of aryl methyl sites for hydroxylation is 1. The lowest BCUT2D eigenvalue weighted by molar-refractivity contribution is 0.297. The lowest BCUT2D eigenvalue weighted by Gasteiger charge is -2.30. The van der Waals surface area contributed by atoms with Crippen LogP contribution in [0, 0.1) is 11.7 Å². The van der Waals surface area contributed by atoms with Gasteiger partial charge in [-0.1, -0.05) is 123 Å². The Kier molecular flexibility index (Phi) is 9.09. The van der Waals surface area contributed by atoms with Crippen LogP contribution in [0.1, 0.15) is 92.0 Å². The van der Waals surface area contributed by atoms with Crippen LogP contribution >= 0.6 is 0 Å². The van der Waals surface area contributed by atoms with Crippen LogP contribution in [0.15, 0.2) is 97.1 Å². The van der Waals surface area contributed by atoms with Crippen LogP contribution in [0.3, 0.4) is 0 Å². The maximum atomic E-state index is 14.9. The van der Waals surface area contributed by atoms with Crippen molar-refractivity contribution in [2.75, 3.05) is 0 Å². The van der Waals surface area contributed by atoms with Crippen LogP contribution in [0.2, 0.25) is 0 Å². The summed E-state index contributed by atoms with van der Waals surface area (Å²) in [5.74, 6) is 1.95. The third-order valence-corrected chi connectivity index (χ3v) is 8.59. The Labute approximate surface area is 234 Å². The van der Waals surface area contributed by atoms with Gasteiger partial charge < -0.3 is 0 Å². The van der Waals surface area contributed by atoms with Crippen molar-refractivity contribution in [1.82, 2.24) is 0 Å². The number of benzene rings is 4. The highest BCUT2D eigenvalue weighted by Gasteiger charge is 2.24. The van der Waals surface area contributed by atoms with Crippen molar-refractivity contribution in [3.8, 4) is 11.1 Å². The van der Waals surface area contributed by atoms with Crippen LogP contribution in [0.25, 0.3) is 23.3 Å². The lowest BCUT2D eigenvalue weighted by Crippen LogP contribution is -2.15. The van der Waals surface area contributed by atoms with E-state index in [0.717, 1.165) is 35.4 Å². The van der Waals surface area contributed by atoms with Crippen molar-refractivity contribution in [2.24, 2.45) is 5.92 Å². The maximum Gasteiger partial charge on any atom is 0.131 e. The average molecular weight is 517 g/mol. The lowest BCUT2D eigenvalue weighted by atomic mass is 9.75. The molecule has 0 amide bonds. The normalized spacial score (nSPS) is 18.3. The van der Waals surface area contributed by atoms with Crippen LogP contribution in [-0.2, 0) is 6.42 Å². The van der Waals surface area contributed by atoms with Crippen molar-refractivity contribution < 1.29 is 4.39 Å². The largest absolute Gasteiger partial charge is 0.206 e. The Balaban J connectivity index is 1.15. The minimum absolute atomic E-state index is 0.184. The first-order chi connectivity index (χ1) is 19.1. The molecule has 0 heterocycles. The van der Waals surface area contributed by atoms with Crippen molar-refractivity contribution in [2.45, 2.75) is 70.6 Å². The van der Waals surface area contributed by atoms with Gasteiger partial charge in [0.2, 0.25) is 0 Å². The SMILES string of the molecule is CCCc1ccc(-c2ccc(/C=C/c3ccc(C4CCC(CC(C)c5ccccc5)CC4)cc3)c(F)c2)cc1. The van der Waals surface area contributed by atoms with Gasteiger partial charge in [0.05, 0.1) is 0 Å². The molecule has 1 unspecified atom stereocenters. The second-order valence-corrected chi connectivity index (χ2v) is 11.4. The van der Waals surface area contributed by atoms with Gasteiger partial charge in [-0.3, -0.25) is 0 Å². The molecule has 0 radical (unpaired) electrons. The molecule has 0 N–H and O–H groups in total. The average Bonchev–Trinajstić information content (AvgIpc) is 2.98. The number of halogens is 1. The van der Waals surface area contributed by atoms with E-state index in [1.54, 1.807) is 6.07 Å². The van der Waals surface area contributed by atoms with Crippen molar-refractivity contribution in [3.63, 3.8) is 0 Å². The smallest absolute Gasteiger partial charge is 0.131 e. The highest BCUT2D eigenvalue weighted by Crippen LogP contribution is 2.39. The molecule has 39 heavy (non-hydrogen) atoms. The summed E-state index contributed by atoms with van der Waals surface area (Å²) in [5.41, 5.74) is 7.94. The van der Waals surface area contributed by atoms with Gasteiger partial charge in [0.15, 0.2) is 0 Å². The molecule has 200 valence electrons. The van der Waals surface area contributed by atoms with Gasteiger partial charge in [0.1, 0.15) is 5.82 Å². The molecule has 0 aliphatic heterocycles. The van der Waals surface area contributed by atoms with E-state index in [1.165, 1.54) is 48.8 Å². The topological polar surface area (TPSA) is 0 Å². The maximum absolute atomic E-state index is 14.9. The third kappa shape index (κ3) is 7.15. The molecular formula is C38H41F. The fourth-order valence-electron chi connectivity index (χ4n) is 6.21. The molecule has 1 atom stereocenters. The molecule has 4 aromatic carbocycles. The minimum atomic E-state index is -0.184. The van der Waals surface area contributed by atoms with Gasteiger partial charge in [-0.2, -0.15) is 0 Å². The minimum Gasteiger partial charge on any atom is -0.206 e. The molecule has 1 aliphatic rings. The van der Waals surface area contributed by atoms with E-state index in [4.69, 9.17) is 0 Å². The van der Waals surface area contributed by atoms with Crippen LogP contribution in [-0.4, -0.2) is 0 Å². The highest BCUT2D eigenvalue weighted by atomic mass is 19.1. The zero-order valence-electron chi connectivity index (χ0n) is 23.5. The van der Waals surface area contributed by atoms with E-state index in [9.17, 15) is 4.39 Å². The van der Waals surface area contributed by atoms with E-state index in [-0.39, 0.29) is 5.82 Å². The van der Waals surface area contributed by atoms with E-state index < -0.39 is 0 Å². The van der Waals surface area contributed by atoms with Gasteiger partial charge >= 0.3 is 0 Å².